The molecule has 0 amide bonds. The second kappa shape index (κ2) is 54.0. The van der Waals surface area contributed by atoms with Crippen LogP contribution in [0, 0.1) is 0 Å². The molecule has 0 rings (SSSR count). The van der Waals surface area contributed by atoms with E-state index in [4.69, 9.17) is 18.9 Å². The van der Waals surface area contributed by atoms with E-state index in [0.717, 1.165) is 128 Å². The third-order valence-corrected chi connectivity index (χ3v) is 11.7. The Labute approximate surface area is 447 Å². The lowest BCUT2D eigenvalue weighted by molar-refractivity contribution is -0.870. The van der Waals surface area contributed by atoms with Crippen LogP contribution in [0.25, 0.3) is 0 Å². The number of aliphatic carboxylic acids is 1. The minimum atomic E-state index is -1.63. The molecular weight excluding hydrogens is 911 g/mol. The van der Waals surface area contributed by atoms with Gasteiger partial charge in [0.25, 0.3) is 0 Å². The van der Waals surface area contributed by atoms with E-state index < -0.39 is 24.3 Å². The Balaban J connectivity index is 4.19. The first-order valence-corrected chi connectivity index (χ1v) is 28.7. The highest BCUT2D eigenvalue weighted by atomic mass is 16.7. The van der Waals surface area contributed by atoms with E-state index in [1.807, 2.05) is 21.1 Å². The number of quaternary nitrogens is 1. The van der Waals surface area contributed by atoms with E-state index in [1.165, 1.54) is 44.9 Å². The molecule has 0 fully saturated rings. The maximum atomic E-state index is 12.8. The van der Waals surface area contributed by atoms with Crippen LogP contribution in [0.4, 0.5) is 0 Å². The molecule has 0 aromatic carbocycles. The summed E-state index contributed by atoms with van der Waals surface area (Å²) in [6, 6.07) is 0. The summed E-state index contributed by atoms with van der Waals surface area (Å²) in [7, 11) is 5.90. The van der Waals surface area contributed by atoms with Gasteiger partial charge in [0, 0.05) is 12.8 Å². The van der Waals surface area contributed by atoms with Gasteiger partial charge in [-0.2, -0.15) is 0 Å². The summed E-state index contributed by atoms with van der Waals surface area (Å²) in [5.74, 6) is -2.32. The molecule has 0 aliphatic carbocycles. The van der Waals surface area contributed by atoms with Gasteiger partial charge in [0.05, 0.1) is 40.3 Å². The SMILES string of the molecule is CC/C=C\C/C=C\C/C=C\C/C=C\C/C=C\C/C=C\C/C=C\C/C=C\CCCCCCCCCCCCC(=O)OC(COC(=O)CCCCCCC/C=C\C/C=C\CCC)COC(OCC[N+](C)(C)C)C(=O)[O-]. The second-order valence-electron chi connectivity index (χ2n) is 19.8. The van der Waals surface area contributed by atoms with Crippen molar-refractivity contribution in [1.29, 1.82) is 0 Å². The van der Waals surface area contributed by atoms with Crippen molar-refractivity contribution in [1.82, 2.24) is 0 Å². The molecule has 0 saturated carbocycles. The number of allylic oxidation sites excluding steroid dienone is 20. The number of rotatable bonds is 51. The molecule has 0 saturated heterocycles. The normalized spacial score (nSPS) is 13.7. The smallest absolute Gasteiger partial charge is 0.306 e. The molecule has 73 heavy (non-hydrogen) atoms. The van der Waals surface area contributed by atoms with Crippen LogP contribution in [0.3, 0.4) is 0 Å². The van der Waals surface area contributed by atoms with Gasteiger partial charge >= 0.3 is 11.9 Å². The zero-order valence-electron chi connectivity index (χ0n) is 47.0. The molecule has 414 valence electrons. The van der Waals surface area contributed by atoms with Crippen molar-refractivity contribution in [3.05, 3.63) is 122 Å². The molecule has 2 atom stereocenters. The molecule has 2 unspecified atom stereocenters. The molecule has 9 heteroatoms. The summed E-state index contributed by atoms with van der Waals surface area (Å²) in [6.07, 6.45) is 72.5. The molecule has 0 bridgehead atoms. The van der Waals surface area contributed by atoms with Crippen molar-refractivity contribution in [2.75, 3.05) is 47.5 Å². The Hall–Kier alpha value is -4.31. The molecule has 0 radical (unpaired) electrons. The number of carboxylic acids is 1. The van der Waals surface area contributed by atoms with Crippen molar-refractivity contribution in [2.24, 2.45) is 0 Å². The Bertz CT molecular complexity index is 1610. The van der Waals surface area contributed by atoms with Crippen LogP contribution in [-0.2, 0) is 33.3 Å². The number of carboxylic acid groups (broad SMARTS) is 1. The van der Waals surface area contributed by atoms with Gasteiger partial charge in [-0.15, -0.1) is 0 Å². The zero-order valence-corrected chi connectivity index (χ0v) is 47.0. The van der Waals surface area contributed by atoms with Crippen LogP contribution < -0.4 is 5.11 Å². The summed E-state index contributed by atoms with van der Waals surface area (Å²) >= 11 is 0. The highest BCUT2D eigenvalue weighted by molar-refractivity contribution is 5.70. The average molecular weight is 1020 g/mol. The number of carbonyl (C=O) groups is 3. The van der Waals surface area contributed by atoms with Crippen LogP contribution in [0.2, 0.25) is 0 Å². The number of unbranched alkanes of at least 4 members (excludes halogenated alkanes) is 16. The van der Waals surface area contributed by atoms with Gasteiger partial charge in [-0.25, -0.2) is 0 Å². The van der Waals surface area contributed by atoms with E-state index in [1.54, 1.807) is 0 Å². The lowest BCUT2D eigenvalue weighted by Gasteiger charge is -2.26. The molecule has 0 aromatic heterocycles. The van der Waals surface area contributed by atoms with E-state index in [9.17, 15) is 19.5 Å². The minimum absolute atomic E-state index is 0.139. The topological polar surface area (TPSA) is 111 Å². The maximum Gasteiger partial charge on any atom is 0.306 e. The number of nitrogens with zero attached hydrogens (tertiary/aromatic N) is 1. The summed E-state index contributed by atoms with van der Waals surface area (Å²) in [4.78, 5) is 37.2. The Morgan fingerprint density at radius 3 is 1.16 bits per heavy atom. The lowest BCUT2D eigenvalue weighted by atomic mass is 10.0. The predicted octanol–water partition coefficient (Wildman–Crippen LogP) is 15.6. The van der Waals surface area contributed by atoms with Crippen molar-refractivity contribution < 1.29 is 42.9 Å². The van der Waals surface area contributed by atoms with Crippen LogP contribution in [-0.4, -0.2) is 82.3 Å². The van der Waals surface area contributed by atoms with Gasteiger partial charge in [0.15, 0.2) is 12.4 Å². The van der Waals surface area contributed by atoms with E-state index in [0.29, 0.717) is 17.4 Å². The second-order valence-corrected chi connectivity index (χ2v) is 19.8. The highest BCUT2D eigenvalue weighted by Crippen LogP contribution is 2.14. The predicted molar refractivity (Wildman–Crippen MR) is 306 cm³/mol. The van der Waals surface area contributed by atoms with Crippen LogP contribution in [0.5, 0.6) is 0 Å². The highest BCUT2D eigenvalue weighted by Gasteiger charge is 2.22. The number of esters is 2. The first-order chi connectivity index (χ1) is 35.6. The molecule has 0 heterocycles. The molecule has 9 nitrogen and oxygen atoms in total. The number of carbonyl (C=O) groups excluding carboxylic acids is 3. The quantitative estimate of drug-likeness (QED) is 0.0195. The third-order valence-electron chi connectivity index (χ3n) is 11.7. The molecule has 0 spiro atoms. The Morgan fingerprint density at radius 2 is 0.781 bits per heavy atom. The first-order valence-electron chi connectivity index (χ1n) is 28.7. The summed E-state index contributed by atoms with van der Waals surface area (Å²) in [5, 5.41) is 11.7. The monoisotopic (exact) mass is 1020 g/mol. The Morgan fingerprint density at radius 1 is 0.425 bits per heavy atom. The Kier molecular flexibility index (Phi) is 50.8. The summed E-state index contributed by atoms with van der Waals surface area (Å²) < 4.78 is 22.6. The summed E-state index contributed by atoms with van der Waals surface area (Å²) in [6.45, 7) is 4.52. The van der Waals surface area contributed by atoms with Gasteiger partial charge in [-0.3, -0.25) is 9.59 Å². The number of likely N-dealkylation sites (N-methyl/N-ethyl adjacent to an activating group) is 1. The molecule has 0 aliphatic rings. The van der Waals surface area contributed by atoms with Crippen molar-refractivity contribution in [3.63, 3.8) is 0 Å². The average Bonchev–Trinajstić information content (AvgIpc) is 3.36. The summed E-state index contributed by atoms with van der Waals surface area (Å²) in [5.41, 5.74) is 0. The van der Waals surface area contributed by atoms with E-state index in [-0.39, 0.29) is 38.6 Å². The van der Waals surface area contributed by atoms with E-state index in [2.05, 4.69) is 135 Å². The largest absolute Gasteiger partial charge is 0.545 e. The van der Waals surface area contributed by atoms with Crippen molar-refractivity contribution >= 4 is 17.9 Å². The fraction of sp³-hybridized carbons (Fsp3) is 0.641. The standard InChI is InChI=1S/C64H105NO8/c1-6-8-10-12-14-16-18-20-21-22-23-24-25-26-27-28-29-30-31-32-33-34-35-36-37-38-39-40-41-43-45-47-49-51-53-55-62(67)73-60(59-72-64(63(68)69)70-57-56-65(3,4)5)58-71-61(66)54-52-50-48-46-44-42-19-17-15-13-11-9-7-2/h8,10-11,13-14,16-17,19-21,23-24,26-27,29-30,32-33,35-36,60,64H,6-7,9,12,15,18,22,25,28,31,34,37-59H2,1-5H3/b10-8-,13-11-,16-14-,19-17-,21-20-,24-23-,27-26-,30-29-,33-32-,36-35-. The molecule has 0 aromatic rings. The molecule has 0 aliphatic heterocycles. The van der Waals surface area contributed by atoms with E-state index >= 15 is 0 Å². The van der Waals surface area contributed by atoms with Gasteiger partial charge in [0.1, 0.15) is 13.2 Å². The fourth-order valence-corrected chi connectivity index (χ4v) is 7.29. The zero-order chi connectivity index (χ0) is 53.4. The number of hydrogen-bond donors (Lipinski definition) is 0. The fourth-order valence-electron chi connectivity index (χ4n) is 7.29. The molecule has 0 N–H and O–H groups in total. The molecular formula is C64H105NO8. The lowest BCUT2D eigenvalue weighted by Crippen LogP contribution is -2.44. The first kappa shape index (κ1) is 68.7. The number of hydrogen-bond acceptors (Lipinski definition) is 8. The van der Waals surface area contributed by atoms with Gasteiger partial charge in [0.2, 0.25) is 0 Å². The maximum absolute atomic E-state index is 12.8. The third kappa shape index (κ3) is 55.3. The van der Waals surface area contributed by atoms with Crippen LogP contribution in [0.15, 0.2) is 122 Å². The van der Waals surface area contributed by atoms with Gasteiger partial charge in [-0.05, 0) is 103 Å². The van der Waals surface area contributed by atoms with Gasteiger partial charge < -0.3 is 33.3 Å². The minimum Gasteiger partial charge on any atom is -0.545 e. The number of ether oxygens (including phenoxy) is 4. The van der Waals surface area contributed by atoms with Gasteiger partial charge in [-0.1, -0.05) is 212 Å². The van der Waals surface area contributed by atoms with Crippen molar-refractivity contribution in [3.8, 4) is 0 Å². The van der Waals surface area contributed by atoms with Crippen LogP contribution in [0.1, 0.15) is 206 Å². The van der Waals surface area contributed by atoms with Crippen LogP contribution >= 0.6 is 0 Å². The van der Waals surface area contributed by atoms with Crippen molar-refractivity contribution in [2.45, 2.75) is 219 Å².